The highest BCUT2D eigenvalue weighted by Crippen LogP contribution is 2.16. The molecule has 100 valence electrons. The Labute approximate surface area is 106 Å². The van der Waals surface area contributed by atoms with Crippen LogP contribution in [0.4, 0.5) is 0 Å². The Bertz CT molecular complexity index is 190. The van der Waals surface area contributed by atoms with Crippen molar-refractivity contribution < 1.29 is 0 Å². The van der Waals surface area contributed by atoms with Gasteiger partial charge >= 0.3 is 0 Å². The zero-order chi connectivity index (χ0) is 12.3. The van der Waals surface area contributed by atoms with Crippen LogP contribution in [0.25, 0.3) is 0 Å². The molecule has 0 aromatic carbocycles. The highest BCUT2D eigenvalue weighted by molar-refractivity contribution is 5.74. The van der Waals surface area contributed by atoms with E-state index in [0.29, 0.717) is 6.04 Å². The maximum atomic E-state index is 7.33. The van der Waals surface area contributed by atoms with Crippen LogP contribution in [-0.4, -0.2) is 12.0 Å². The van der Waals surface area contributed by atoms with Crippen molar-refractivity contribution in [3.05, 3.63) is 0 Å². The predicted molar refractivity (Wildman–Crippen MR) is 74.2 cm³/mol. The molecule has 1 aliphatic rings. The molecule has 0 spiro atoms. The monoisotopic (exact) mass is 239 g/mol. The minimum atomic E-state index is 0.138. The van der Waals surface area contributed by atoms with Crippen LogP contribution in [0.15, 0.2) is 0 Å². The fourth-order valence-electron chi connectivity index (χ4n) is 2.70. The van der Waals surface area contributed by atoms with Gasteiger partial charge in [0.25, 0.3) is 0 Å². The fraction of sp³-hybridized carbons (Fsp3) is 0.929. The summed E-state index contributed by atoms with van der Waals surface area (Å²) in [5.74, 6) is 0.138. The van der Waals surface area contributed by atoms with Crippen molar-refractivity contribution in [1.29, 1.82) is 5.41 Å². The number of hydrogen-bond donors (Lipinski definition) is 3. The van der Waals surface area contributed by atoms with E-state index in [0.717, 1.165) is 0 Å². The molecule has 1 aliphatic carbocycles. The number of nitrogens with two attached hydrogens (primary N) is 1. The van der Waals surface area contributed by atoms with E-state index in [1.807, 2.05) is 0 Å². The zero-order valence-electron chi connectivity index (χ0n) is 11.1. The van der Waals surface area contributed by atoms with Gasteiger partial charge in [0.15, 0.2) is 5.96 Å². The minimum absolute atomic E-state index is 0.138. The Hall–Kier alpha value is -0.730. The smallest absolute Gasteiger partial charge is 0.185 e. The van der Waals surface area contributed by atoms with E-state index in [-0.39, 0.29) is 5.96 Å². The van der Waals surface area contributed by atoms with Crippen molar-refractivity contribution in [2.24, 2.45) is 5.73 Å². The second-order valence-electron chi connectivity index (χ2n) is 5.37. The first-order valence-electron chi connectivity index (χ1n) is 7.39. The third kappa shape index (κ3) is 8.06. The number of nitrogens with one attached hydrogen (secondary N) is 2. The first-order valence-corrected chi connectivity index (χ1v) is 7.39. The average Bonchev–Trinajstić information content (AvgIpc) is 2.30. The summed E-state index contributed by atoms with van der Waals surface area (Å²) < 4.78 is 0. The van der Waals surface area contributed by atoms with Gasteiger partial charge in [-0.2, -0.15) is 0 Å². The van der Waals surface area contributed by atoms with E-state index in [2.05, 4.69) is 5.32 Å². The second-order valence-corrected chi connectivity index (χ2v) is 5.37. The average molecular weight is 239 g/mol. The molecular formula is C14H29N3. The van der Waals surface area contributed by atoms with Gasteiger partial charge in [-0.1, -0.05) is 64.2 Å². The van der Waals surface area contributed by atoms with E-state index in [1.165, 1.54) is 77.0 Å². The summed E-state index contributed by atoms with van der Waals surface area (Å²) in [4.78, 5) is 0. The van der Waals surface area contributed by atoms with Crippen LogP contribution in [0, 0.1) is 5.41 Å². The molecule has 0 saturated heterocycles. The van der Waals surface area contributed by atoms with Gasteiger partial charge in [-0.05, 0) is 12.8 Å². The van der Waals surface area contributed by atoms with E-state index in [1.54, 1.807) is 0 Å². The van der Waals surface area contributed by atoms with Gasteiger partial charge in [-0.3, -0.25) is 5.41 Å². The summed E-state index contributed by atoms with van der Waals surface area (Å²) in [5, 5.41) is 10.4. The van der Waals surface area contributed by atoms with Gasteiger partial charge in [-0.25, -0.2) is 0 Å². The summed E-state index contributed by atoms with van der Waals surface area (Å²) >= 11 is 0. The predicted octanol–water partition coefficient (Wildman–Crippen LogP) is 3.53. The molecule has 1 fully saturated rings. The lowest BCUT2D eigenvalue weighted by atomic mass is 10.0. The Morgan fingerprint density at radius 1 is 0.765 bits per heavy atom. The summed E-state index contributed by atoms with van der Waals surface area (Å²) in [6.45, 7) is 0. The van der Waals surface area contributed by atoms with Gasteiger partial charge in [0.05, 0.1) is 0 Å². The van der Waals surface area contributed by atoms with Crippen LogP contribution < -0.4 is 11.1 Å². The minimum Gasteiger partial charge on any atom is -0.370 e. The zero-order valence-corrected chi connectivity index (χ0v) is 11.1. The summed E-state index contributed by atoms with van der Waals surface area (Å²) in [7, 11) is 0. The molecule has 0 heterocycles. The molecule has 1 rings (SSSR count). The third-order valence-electron chi connectivity index (χ3n) is 3.71. The van der Waals surface area contributed by atoms with Crippen molar-refractivity contribution in [2.45, 2.75) is 83.1 Å². The highest BCUT2D eigenvalue weighted by atomic mass is 15.1. The molecule has 0 radical (unpaired) electrons. The van der Waals surface area contributed by atoms with Crippen molar-refractivity contribution in [2.75, 3.05) is 0 Å². The van der Waals surface area contributed by atoms with Gasteiger partial charge in [0, 0.05) is 6.04 Å². The lowest BCUT2D eigenvalue weighted by molar-refractivity contribution is 0.463. The molecule has 0 aromatic rings. The molecular weight excluding hydrogens is 210 g/mol. The molecule has 0 aliphatic heterocycles. The van der Waals surface area contributed by atoms with Crippen LogP contribution in [0.1, 0.15) is 77.0 Å². The number of rotatable bonds is 1. The van der Waals surface area contributed by atoms with Crippen LogP contribution >= 0.6 is 0 Å². The molecule has 0 amide bonds. The van der Waals surface area contributed by atoms with E-state index in [9.17, 15) is 0 Å². The van der Waals surface area contributed by atoms with Crippen LogP contribution in [0.5, 0.6) is 0 Å². The standard InChI is InChI=1S/C14H29N3/c15-14(16)17-13-11-9-7-5-3-1-2-4-6-8-10-12-13/h13H,1-12H2,(H4,15,16,17). The Morgan fingerprint density at radius 2 is 1.12 bits per heavy atom. The normalized spacial score (nSPS) is 21.9. The first-order chi connectivity index (χ1) is 8.29. The summed E-state index contributed by atoms with van der Waals surface area (Å²) in [6.07, 6.45) is 16.0. The molecule has 17 heavy (non-hydrogen) atoms. The maximum absolute atomic E-state index is 7.33. The molecule has 4 N–H and O–H groups in total. The Morgan fingerprint density at radius 3 is 1.47 bits per heavy atom. The van der Waals surface area contributed by atoms with Gasteiger partial charge in [0.1, 0.15) is 0 Å². The van der Waals surface area contributed by atoms with Crippen LogP contribution in [0.3, 0.4) is 0 Å². The quantitative estimate of drug-likeness (QED) is 0.484. The van der Waals surface area contributed by atoms with Crippen molar-refractivity contribution in [1.82, 2.24) is 5.32 Å². The maximum Gasteiger partial charge on any atom is 0.185 e. The lowest BCUT2D eigenvalue weighted by Gasteiger charge is -2.18. The number of guanidine groups is 1. The summed E-state index contributed by atoms with van der Waals surface area (Å²) in [6, 6.07) is 0.438. The highest BCUT2D eigenvalue weighted by Gasteiger charge is 2.09. The Balaban J connectivity index is 2.28. The lowest BCUT2D eigenvalue weighted by Crippen LogP contribution is -2.39. The topological polar surface area (TPSA) is 61.9 Å². The molecule has 0 aromatic heterocycles. The molecule has 0 bridgehead atoms. The van der Waals surface area contributed by atoms with Crippen molar-refractivity contribution in [3.8, 4) is 0 Å². The largest absolute Gasteiger partial charge is 0.370 e. The Kier molecular flexibility index (Phi) is 7.85. The fourth-order valence-corrected chi connectivity index (χ4v) is 2.70. The van der Waals surface area contributed by atoms with Crippen LogP contribution in [-0.2, 0) is 0 Å². The molecule has 3 nitrogen and oxygen atoms in total. The second kappa shape index (κ2) is 9.32. The SMILES string of the molecule is N=C(N)NC1CCCCCCCCCCCC1. The van der Waals surface area contributed by atoms with Crippen LogP contribution in [0.2, 0.25) is 0 Å². The molecule has 3 heteroatoms. The van der Waals surface area contributed by atoms with Gasteiger partial charge < -0.3 is 11.1 Å². The van der Waals surface area contributed by atoms with Crippen molar-refractivity contribution in [3.63, 3.8) is 0 Å². The third-order valence-corrected chi connectivity index (χ3v) is 3.71. The van der Waals surface area contributed by atoms with E-state index < -0.39 is 0 Å². The summed E-state index contributed by atoms with van der Waals surface area (Å²) in [5.41, 5.74) is 5.44. The van der Waals surface area contributed by atoms with E-state index >= 15 is 0 Å². The molecule has 0 unspecified atom stereocenters. The molecule has 1 saturated carbocycles. The first kappa shape index (κ1) is 14.3. The van der Waals surface area contributed by atoms with Gasteiger partial charge in [0.2, 0.25) is 0 Å². The van der Waals surface area contributed by atoms with Crippen molar-refractivity contribution >= 4 is 5.96 Å². The number of hydrogen-bond acceptors (Lipinski definition) is 1. The molecule has 0 atom stereocenters. The van der Waals surface area contributed by atoms with E-state index in [4.69, 9.17) is 11.1 Å². The van der Waals surface area contributed by atoms with Gasteiger partial charge in [-0.15, -0.1) is 0 Å².